The number of aliphatic hydroxyl groups excluding tert-OH is 6. The molecule has 20 N–H and O–H groups in total. The molecule has 7 amide bonds. The van der Waals surface area contributed by atoms with E-state index in [2.05, 4.69) is 47.8 Å². The summed E-state index contributed by atoms with van der Waals surface area (Å²) in [5.74, 6) is -16.3. The van der Waals surface area contributed by atoms with Crippen LogP contribution in [0.4, 0.5) is 0 Å². The number of hydrogen-bond acceptors (Lipinski definition) is 29. The monoisotopic (exact) mass is 1770 g/mol. The van der Waals surface area contributed by atoms with Crippen molar-refractivity contribution >= 4 is 58.9 Å². The quantitative estimate of drug-likeness (QED) is 0.0339. The molecule has 0 saturated carbocycles. The minimum atomic E-state index is -2.40. The van der Waals surface area contributed by atoms with Gasteiger partial charge in [-0.15, -0.1) is 4.91 Å². The Bertz CT molecular complexity index is 5200. The van der Waals surface area contributed by atoms with Gasteiger partial charge >= 0.3 is 5.97 Å². The van der Waals surface area contributed by atoms with Crippen molar-refractivity contribution in [2.75, 3.05) is 13.7 Å². The molecule has 11 bridgehead atoms. The number of benzene rings is 7. The van der Waals surface area contributed by atoms with Gasteiger partial charge in [-0.25, -0.2) is 4.79 Å². The molecule has 38 nitrogen and oxygen atoms in total. The van der Waals surface area contributed by atoms with Gasteiger partial charge in [-0.1, -0.05) is 110 Å². The second-order valence-corrected chi connectivity index (χ2v) is 33.4. The van der Waals surface area contributed by atoms with Crippen LogP contribution in [0.2, 0.25) is 5.02 Å². The number of phenols is 3. The second kappa shape index (κ2) is 38.6. The molecule has 0 aliphatic carbocycles. The topological polar surface area (TPSA) is 568 Å². The van der Waals surface area contributed by atoms with E-state index in [0.29, 0.717) is 0 Å². The predicted octanol–water partition coefficient (Wildman–Crippen LogP) is 3.75. The molecule has 0 unspecified atom stereocenters. The number of fused-ring (bicyclic) bond motifs is 15. The number of halogens is 1. The number of nitrogens with two attached hydrogens (primary N) is 1. The smallest absolute Gasteiger partial charge is 0.330 e. The van der Waals surface area contributed by atoms with Crippen LogP contribution in [0.5, 0.6) is 46.0 Å². The Balaban J connectivity index is 1.03. The van der Waals surface area contributed by atoms with Gasteiger partial charge in [-0.05, 0) is 128 Å². The van der Waals surface area contributed by atoms with E-state index in [4.69, 9.17) is 55.2 Å². The van der Waals surface area contributed by atoms with E-state index in [1.807, 2.05) is 60.7 Å². The van der Waals surface area contributed by atoms with Gasteiger partial charge in [0.15, 0.2) is 36.2 Å². The maximum atomic E-state index is 16.6. The number of aromatic hydroxyl groups is 3. The molecule has 39 heteroatoms. The predicted molar refractivity (Wildman–Crippen MR) is 443 cm³/mol. The molecule has 126 heavy (non-hydrogen) atoms. The lowest BCUT2D eigenvalue weighted by Gasteiger charge is -2.48. The van der Waals surface area contributed by atoms with E-state index in [9.17, 15) is 70.4 Å². The van der Waals surface area contributed by atoms with Crippen LogP contribution in [0, 0.1) is 10.8 Å². The van der Waals surface area contributed by atoms with Crippen molar-refractivity contribution in [2.24, 2.45) is 16.9 Å². The first kappa shape index (κ1) is 92.0. The van der Waals surface area contributed by atoms with E-state index < -0.39 is 255 Å². The SMILES string of the molecule is CC(C)C[C@H](C(=O)N[C@H]1C(=O)N[C@@H](CC(N)=O)C(=O)N[C@H]2C(=O)N[C@H]3C(=O)N[C@H](C(=O)N[C@H](C(=O)O)c4cc(O)cc(O)c4-c4cc3ccc4O)[C@H](O[C@H]3C[C@](C)(NCc4ccccc4)[C@@H](O)[C@H](C)O3)c3ccc(cc3)Oc3cc2cc(c3O[C@@H]2O[C@H](CO)[C@@H](O)[C@H](O)[C@H]2O[C@H]2C[C@](C)(NCc3ccccc3)[C@@H](O)[C@H](C)O2)Oc2ccc(cc2Cl)[C@H]1O)N(C)N=O. The number of carboxylic acids is 1. The molecular formula is C87H100ClN11O27. The van der Waals surface area contributed by atoms with Crippen molar-refractivity contribution in [1.82, 2.24) is 47.5 Å². The molecule has 3 saturated heterocycles. The number of nitrogens with one attached hydrogen (secondary N) is 8. The van der Waals surface area contributed by atoms with Gasteiger partial charge in [0, 0.05) is 66.8 Å². The van der Waals surface area contributed by atoms with Gasteiger partial charge in [0.25, 0.3) is 0 Å². The minimum Gasteiger partial charge on any atom is -0.508 e. The lowest BCUT2D eigenvalue weighted by molar-refractivity contribution is -0.334. The molecular weight excluding hydrogens is 1670 g/mol. The number of primary amides is 1. The number of carbonyl (C=O) groups is 8. The standard InChI is InChI=1S/C87H100ClN11O27/c1-39(2)26-54(99(7)98-118)79(111)96-68-70(105)46-21-25-57(52(88)28-46)122-59-30-47-29-58(74(59)126-85-75(72(107)71(106)60(38-100)123-85)125-63-35-87(6,77(109)41(4)120-63)91-37-43-16-12-9-13-17-43)121-49-22-18-44(19-23-49)73(124-62-34-86(5,76(108)40(3)119-62)90-36-42-14-10-8-11-15-42)69-83(115)95-67(84(116)117)51-31-48(101)32-56(103)64(51)50-27-45(20-24-55(50)102)65(80(112)97-69)94-81(113)66(47)93-78(110)53(33-61(89)104)92-82(68)114/h8-25,27-32,39-41,53-54,60,62-63,65-73,75-77,85,90-91,100-103,105-109H,26,33-38H2,1-7H3,(H2,89,104)(H,92,114)(H,93,110)(H,94,113)(H,95,115)(H,96,111)(H,97,112)(H,116,117)/t40-,41-,53-,54+,60+,62-,63-,65+,66+,67-,68+,69-,70+,71+,72-,73+,75+,76-,77-,85-,86-,87-/m0/s1. The molecule has 672 valence electrons. The van der Waals surface area contributed by atoms with Gasteiger partial charge in [0.2, 0.25) is 53.4 Å². The summed E-state index contributed by atoms with van der Waals surface area (Å²) in [4.78, 5) is 134. The Morgan fingerprint density at radius 3 is 1.81 bits per heavy atom. The fourth-order valence-electron chi connectivity index (χ4n) is 16.4. The molecule has 0 spiro atoms. The highest BCUT2D eigenvalue weighted by Crippen LogP contribution is 2.50. The highest BCUT2D eigenvalue weighted by molar-refractivity contribution is 6.32. The average Bonchev–Trinajstić information content (AvgIpc) is 0.764. The lowest BCUT2D eigenvalue weighted by atomic mass is 9.84. The number of likely N-dealkylation sites (N-methyl/N-ethyl adjacent to an activating group) is 1. The van der Waals surface area contributed by atoms with Gasteiger partial charge < -0.3 is 137 Å². The molecule has 3 fully saturated rings. The third kappa shape index (κ3) is 20.2. The molecule has 8 aliphatic heterocycles. The Kier molecular flexibility index (Phi) is 28.2. The Labute approximate surface area is 726 Å². The third-order valence-electron chi connectivity index (χ3n) is 23.3. The van der Waals surface area contributed by atoms with Crippen molar-refractivity contribution in [3.05, 3.63) is 194 Å². The number of nitroso groups, excluding NO2 is 1. The number of amides is 7. The van der Waals surface area contributed by atoms with Crippen LogP contribution in [-0.2, 0) is 75.1 Å². The van der Waals surface area contributed by atoms with E-state index in [1.165, 1.54) is 43.4 Å². The van der Waals surface area contributed by atoms with Crippen LogP contribution in [0.3, 0.4) is 0 Å². The molecule has 0 radical (unpaired) electrons. The Morgan fingerprint density at radius 1 is 0.643 bits per heavy atom. The van der Waals surface area contributed by atoms with Crippen LogP contribution >= 0.6 is 11.6 Å². The summed E-state index contributed by atoms with van der Waals surface area (Å²) in [5.41, 5.74) is 2.36. The second-order valence-electron chi connectivity index (χ2n) is 33.0. The molecule has 8 heterocycles. The fourth-order valence-corrected chi connectivity index (χ4v) is 16.6. The zero-order chi connectivity index (χ0) is 90.7. The van der Waals surface area contributed by atoms with E-state index in [1.54, 1.807) is 41.5 Å². The number of ether oxygens (including phenoxy) is 8. The van der Waals surface area contributed by atoms with Gasteiger partial charge in [-0.2, -0.15) is 0 Å². The van der Waals surface area contributed by atoms with Crippen LogP contribution in [-0.4, -0.2) is 220 Å². The van der Waals surface area contributed by atoms with Crippen LogP contribution in [0.1, 0.15) is 137 Å². The summed E-state index contributed by atoms with van der Waals surface area (Å²) in [6, 6.07) is 19.2. The highest BCUT2D eigenvalue weighted by Gasteiger charge is 2.53. The van der Waals surface area contributed by atoms with Crippen molar-refractivity contribution in [1.29, 1.82) is 0 Å². The average molecular weight is 1770 g/mol. The molecule has 22 atom stereocenters. The highest BCUT2D eigenvalue weighted by atomic mass is 35.5. The molecule has 7 aromatic carbocycles. The van der Waals surface area contributed by atoms with Gasteiger partial charge in [-0.3, -0.25) is 38.6 Å². The molecule has 7 aromatic rings. The van der Waals surface area contributed by atoms with Gasteiger partial charge in [0.1, 0.15) is 95.5 Å². The maximum absolute atomic E-state index is 16.6. The van der Waals surface area contributed by atoms with Crippen LogP contribution in [0.15, 0.2) is 151 Å². The van der Waals surface area contributed by atoms with E-state index in [-0.39, 0.29) is 66.5 Å². The number of phenolic OH excluding ortho intramolecular Hbond substituents is 3. The third-order valence-corrected chi connectivity index (χ3v) is 23.6. The summed E-state index contributed by atoms with van der Waals surface area (Å²) >= 11 is 7.23. The summed E-state index contributed by atoms with van der Waals surface area (Å²) in [5, 5.41) is 143. The molecule has 0 aromatic heterocycles. The number of carbonyl (C=O) groups excluding carboxylic acids is 7. The maximum Gasteiger partial charge on any atom is 0.330 e. The first-order valence-corrected chi connectivity index (χ1v) is 41.0. The van der Waals surface area contributed by atoms with Crippen molar-refractivity contribution in [3.63, 3.8) is 0 Å². The normalized spacial score (nSPS) is 29.5. The van der Waals surface area contributed by atoms with E-state index >= 15 is 24.0 Å². The van der Waals surface area contributed by atoms with Crippen molar-refractivity contribution in [3.8, 4) is 57.1 Å². The summed E-state index contributed by atoms with van der Waals surface area (Å²) in [6.07, 6.45) is -22.7. The number of rotatable bonds is 22. The number of nitrogens with zero attached hydrogens (tertiary/aromatic N) is 2. The summed E-state index contributed by atoms with van der Waals surface area (Å²) < 4.78 is 53.3. The largest absolute Gasteiger partial charge is 0.508 e. The Morgan fingerprint density at radius 2 is 1.22 bits per heavy atom. The zero-order valence-corrected chi connectivity index (χ0v) is 69.9. The van der Waals surface area contributed by atoms with E-state index in [0.717, 1.165) is 64.7 Å². The van der Waals surface area contributed by atoms with Crippen molar-refractivity contribution < 1.29 is 127 Å². The van der Waals surface area contributed by atoms with Crippen LogP contribution < -0.4 is 62.5 Å². The molecule has 15 rings (SSSR count). The van der Waals surface area contributed by atoms with Crippen molar-refractivity contribution in [2.45, 2.75) is 214 Å². The Hall–Kier alpha value is -11.7. The number of aliphatic carboxylic acids is 1. The first-order chi connectivity index (χ1) is 59.9. The zero-order valence-electron chi connectivity index (χ0n) is 69.2. The first-order valence-electron chi connectivity index (χ1n) is 40.7. The summed E-state index contributed by atoms with van der Waals surface area (Å²) in [6.45, 7) is 9.45. The molecule has 8 aliphatic rings. The lowest BCUT2D eigenvalue weighted by Crippen LogP contribution is -2.65. The minimum absolute atomic E-state index is 0.0347. The fraction of sp³-hybridized carbons (Fsp3) is 0.425. The summed E-state index contributed by atoms with van der Waals surface area (Å²) in [7, 11) is 1.19. The number of hydrogen-bond donors (Lipinski definition) is 19. The number of carboxylic acid groups (broad SMARTS) is 1. The van der Waals surface area contributed by atoms with Crippen LogP contribution in [0.25, 0.3) is 11.1 Å². The van der Waals surface area contributed by atoms with Gasteiger partial charge in [0.05, 0.1) is 47.8 Å². The number of aliphatic hydroxyl groups is 6.